The van der Waals surface area contributed by atoms with E-state index < -0.39 is 0 Å². The van der Waals surface area contributed by atoms with Crippen LogP contribution >= 0.6 is 0 Å². The Morgan fingerprint density at radius 3 is 1.24 bits per heavy atom. The minimum atomic E-state index is 0. The van der Waals surface area contributed by atoms with E-state index in [4.69, 9.17) is 10.2 Å². The van der Waals surface area contributed by atoms with Crippen molar-refractivity contribution in [3.8, 4) is 11.5 Å². The third-order valence-electron chi connectivity index (χ3n) is 2.00. The monoisotopic (exact) mass is 268 g/mol. The van der Waals surface area contributed by atoms with Crippen molar-refractivity contribution < 1.29 is 27.6 Å². The fourth-order valence-corrected chi connectivity index (χ4v) is 1.26. The first-order chi connectivity index (χ1) is 7.58. The average molecular weight is 268 g/mol. The molecule has 0 saturated heterocycles. The van der Waals surface area contributed by atoms with Gasteiger partial charge in [-0.3, -0.25) is 0 Å². The molecule has 0 fully saturated rings. The summed E-state index contributed by atoms with van der Waals surface area (Å²) in [5.41, 5.74) is 2.18. The van der Waals surface area contributed by atoms with Crippen LogP contribution in [0.2, 0.25) is 0 Å². The predicted octanol–water partition coefficient (Wildman–Crippen LogP) is 3.40. The number of phenolic OH excluding ortho intramolecular Hbond substituents is 2. The Hall–Kier alpha value is -1.43. The minimum Gasteiger partial charge on any atom is -0.508 e. The van der Waals surface area contributed by atoms with Gasteiger partial charge in [0.2, 0.25) is 0 Å². The molecule has 0 aliphatic carbocycles. The molecule has 2 nitrogen and oxygen atoms in total. The molecule has 2 N–H and O–H groups in total. The summed E-state index contributed by atoms with van der Waals surface area (Å²) in [6.45, 7) is 3.89. The molecule has 2 aromatic rings. The van der Waals surface area contributed by atoms with Crippen LogP contribution in [-0.4, -0.2) is 10.2 Å². The number of hydrogen-bond donors (Lipinski definition) is 2. The Bertz CT molecular complexity index is 377. The third kappa shape index (κ3) is 6.68. The van der Waals surface area contributed by atoms with Gasteiger partial charge in [-0.2, -0.15) is 0 Å². The van der Waals surface area contributed by atoms with E-state index in [1.165, 1.54) is 0 Å². The zero-order valence-electron chi connectivity index (χ0n) is 9.92. The summed E-state index contributed by atoms with van der Waals surface area (Å²) in [4.78, 5) is 0. The molecule has 2 aromatic carbocycles. The quantitative estimate of drug-likeness (QED) is 0.768. The molecule has 0 heterocycles. The van der Waals surface area contributed by atoms with Crippen LogP contribution in [0.4, 0.5) is 0 Å². The number of hydrogen-bond acceptors (Lipinski definition) is 2. The normalized spacial score (nSPS) is 8.59. The second-order valence-corrected chi connectivity index (χ2v) is 3.68. The molecule has 0 spiro atoms. The first kappa shape index (κ1) is 15.6. The number of benzene rings is 2. The summed E-state index contributed by atoms with van der Waals surface area (Å²) < 4.78 is 0. The first-order valence-corrected chi connectivity index (χ1v) is 5.09. The smallest absolute Gasteiger partial charge is 0.115 e. The molecule has 0 aliphatic rings. The van der Waals surface area contributed by atoms with E-state index in [9.17, 15) is 0 Å². The molecule has 2 rings (SSSR count). The van der Waals surface area contributed by atoms with Crippen LogP contribution in [0.15, 0.2) is 48.5 Å². The molecule has 0 atom stereocenters. The van der Waals surface area contributed by atoms with Crippen molar-refractivity contribution in [2.45, 2.75) is 13.8 Å². The number of aromatic hydroxyl groups is 2. The van der Waals surface area contributed by atoms with Gasteiger partial charge in [-0.25, -0.2) is 0 Å². The van der Waals surface area contributed by atoms with Crippen LogP contribution < -0.4 is 0 Å². The van der Waals surface area contributed by atoms with E-state index in [1.54, 1.807) is 24.3 Å². The molecule has 0 amide bonds. The number of rotatable bonds is 0. The van der Waals surface area contributed by atoms with Gasteiger partial charge in [0.05, 0.1) is 0 Å². The summed E-state index contributed by atoms with van der Waals surface area (Å²) in [5, 5.41) is 17.6. The van der Waals surface area contributed by atoms with Crippen molar-refractivity contribution in [1.82, 2.24) is 0 Å². The van der Waals surface area contributed by atoms with E-state index in [-0.39, 0.29) is 17.4 Å². The van der Waals surface area contributed by atoms with E-state index >= 15 is 0 Å². The van der Waals surface area contributed by atoms with Crippen molar-refractivity contribution >= 4 is 0 Å². The van der Waals surface area contributed by atoms with Crippen LogP contribution in [0.5, 0.6) is 11.5 Å². The van der Waals surface area contributed by atoms with Gasteiger partial charge in [0.15, 0.2) is 0 Å². The van der Waals surface area contributed by atoms with E-state index in [0.29, 0.717) is 11.5 Å². The van der Waals surface area contributed by atoms with Crippen LogP contribution in [0.3, 0.4) is 0 Å². The molecule has 17 heavy (non-hydrogen) atoms. The van der Waals surface area contributed by atoms with Gasteiger partial charge in [-0.1, -0.05) is 24.3 Å². The summed E-state index contributed by atoms with van der Waals surface area (Å²) in [5.74, 6) is 0.676. The Labute approximate surface area is 113 Å². The van der Waals surface area contributed by atoms with Crippen LogP contribution in [0.25, 0.3) is 0 Å². The maximum atomic E-state index is 8.81. The number of phenols is 2. The molecule has 0 radical (unpaired) electrons. The van der Waals surface area contributed by atoms with Crippen LogP contribution in [0.1, 0.15) is 11.1 Å². The largest absolute Gasteiger partial charge is 0.508 e. The van der Waals surface area contributed by atoms with Gasteiger partial charge in [0, 0.05) is 17.4 Å². The molecule has 0 bridgehead atoms. The van der Waals surface area contributed by atoms with E-state index in [2.05, 4.69) is 0 Å². The van der Waals surface area contributed by atoms with Crippen molar-refractivity contribution in [3.63, 3.8) is 0 Å². The Morgan fingerprint density at radius 2 is 1.06 bits per heavy atom. The fourth-order valence-electron chi connectivity index (χ4n) is 1.26. The van der Waals surface area contributed by atoms with Gasteiger partial charge < -0.3 is 10.2 Å². The predicted molar refractivity (Wildman–Crippen MR) is 65.7 cm³/mol. The third-order valence-corrected chi connectivity index (χ3v) is 2.00. The Kier molecular flexibility index (Phi) is 7.13. The minimum absolute atomic E-state index is 0. The molecule has 0 aromatic heterocycles. The standard InChI is InChI=1S/2C7H8O.Cr/c2*1-6-3-2-4-7(8)5-6;/h2*2-5,8H,1H3;. The van der Waals surface area contributed by atoms with Crippen molar-refractivity contribution in [2.75, 3.05) is 0 Å². The topological polar surface area (TPSA) is 40.5 Å². The summed E-state index contributed by atoms with van der Waals surface area (Å²) >= 11 is 0. The molecule has 3 heteroatoms. The van der Waals surface area contributed by atoms with Gasteiger partial charge in [0.25, 0.3) is 0 Å². The Balaban J connectivity index is 0.000000284. The molecular weight excluding hydrogens is 252 g/mol. The van der Waals surface area contributed by atoms with Gasteiger partial charge in [-0.05, 0) is 49.2 Å². The van der Waals surface area contributed by atoms with Gasteiger partial charge in [0.1, 0.15) is 11.5 Å². The second-order valence-electron chi connectivity index (χ2n) is 3.68. The Morgan fingerprint density at radius 1 is 0.706 bits per heavy atom. The molecule has 0 saturated carbocycles. The van der Waals surface area contributed by atoms with E-state index in [1.807, 2.05) is 38.1 Å². The zero-order valence-corrected chi connectivity index (χ0v) is 11.2. The maximum Gasteiger partial charge on any atom is 0.115 e. The second kappa shape index (κ2) is 7.78. The average Bonchev–Trinajstić information content (AvgIpc) is 2.17. The molecule has 0 unspecified atom stereocenters. The number of aryl methyl sites for hydroxylation is 2. The van der Waals surface area contributed by atoms with Crippen molar-refractivity contribution in [1.29, 1.82) is 0 Å². The SMILES string of the molecule is Cc1cccc(O)c1.Cc1cccc(O)c1.[Cr]. The van der Waals surface area contributed by atoms with Gasteiger partial charge >= 0.3 is 0 Å². The van der Waals surface area contributed by atoms with Crippen LogP contribution in [-0.2, 0) is 17.4 Å². The summed E-state index contributed by atoms with van der Waals surface area (Å²) in [6.07, 6.45) is 0. The van der Waals surface area contributed by atoms with E-state index in [0.717, 1.165) is 11.1 Å². The van der Waals surface area contributed by atoms with Crippen LogP contribution in [0, 0.1) is 13.8 Å². The zero-order chi connectivity index (χ0) is 12.0. The molecule has 90 valence electrons. The van der Waals surface area contributed by atoms with Crippen molar-refractivity contribution in [3.05, 3.63) is 59.7 Å². The summed E-state index contributed by atoms with van der Waals surface area (Å²) in [7, 11) is 0. The van der Waals surface area contributed by atoms with Crippen molar-refractivity contribution in [2.24, 2.45) is 0 Å². The first-order valence-electron chi connectivity index (χ1n) is 5.09. The molecular formula is C14H16CrO2. The van der Waals surface area contributed by atoms with Gasteiger partial charge in [-0.15, -0.1) is 0 Å². The summed E-state index contributed by atoms with van der Waals surface area (Å²) in [6, 6.07) is 14.3. The molecule has 0 aliphatic heterocycles. The maximum absolute atomic E-state index is 8.81. The fraction of sp³-hybridized carbons (Fsp3) is 0.143.